The Labute approximate surface area is 147 Å². The van der Waals surface area contributed by atoms with Crippen LogP contribution in [0.2, 0.25) is 0 Å². The van der Waals surface area contributed by atoms with Crippen molar-refractivity contribution in [2.45, 2.75) is 49.4 Å². The fraction of sp³-hybridized carbons (Fsp3) is 0.833. The highest BCUT2D eigenvalue weighted by Crippen LogP contribution is 2.60. The molecule has 0 bridgehead atoms. The zero-order chi connectivity index (χ0) is 23.0. The molecule has 0 aliphatic rings. The Balaban J connectivity index is 6.43. The van der Waals surface area contributed by atoms with Crippen LogP contribution in [0.25, 0.3) is 0 Å². The zero-order valence-electron chi connectivity index (χ0n) is 13.6. The molecule has 0 saturated carbocycles. The van der Waals surface area contributed by atoms with E-state index in [0.717, 1.165) is 0 Å². The Hall–Kier alpha value is -1.90. The Morgan fingerprint density at radius 2 is 0.750 bits per heavy atom. The van der Waals surface area contributed by atoms with Crippen molar-refractivity contribution >= 4 is 11.9 Å². The second-order valence-electron chi connectivity index (χ2n) is 4.89. The van der Waals surface area contributed by atoms with Crippen LogP contribution >= 0.6 is 0 Å². The standard InChI is InChI=1S/C12H10F12O4/c1-3-27-5(25)7(13,14)9(17,18)11(21,22)12(23,24)10(19,20)8(15,16)6(26)28-4-2/h3-4H2,1-2H3. The first kappa shape index (κ1) is 26.1. The minimum absolute atomic E-state index is 0.701. The van der Waals surface area contributed by atoms with Crippen LogP contribution in [0.3, 0.4) is 0 Å². The molecule has 0 aromatic rings. The highest BCUT2D eigenvalue weighted by atomic mass is 19.4. The Morgan fingerprint density at radius 3 is 0.929 bits per heavy atom. The van der Waals surface area contributed by atoms with Gasteiger partial charge in [0.05, 0.1) is 13.2 Å². The van der Waals surface area contributed by atoms with Crippen molar-refractivity contribution in [2.75, 3.05) is 13.2 Å². The van der Waals surface area contributed by atoms with Crippen molar-refractivity contribution in [2.24, 2.45) is 0 Å². The molecule has 166 valence electrons. The first-order chi connectivity index (χ1) is 12.2. The Morgan fingerprint density at radius 1 is 0.536 bits per heavy atom. The van der Waals surface area contributed by atoms with Gasteiger partial charge in [-0.15, -0.1) is 0 Å². The van der Waals surface area contributed by atoms with E-state index in [9.17, 15) is 62.3 Å². The molecule has 0 spiro atoms. The molecule has 0 amide bonds. The van der Waals surface area contributed by atoms with Crippen molar-refractivity contribution < 1.29 is 71.7 Å². The lowest BCUT2D eigenvalue weighted by molar-refractivity contribution is -0.417. The van der Waals surface area contributed by atoms with Crippen molar-refractivity contribution in [1.82, 2.24) is 0 Å². The van der Waals surface area contributed by atoms with Gasteiger partial charge in [-0.3, -0.25) is 0 Å². The SMILES string of the molecule is CCOC(=O)C(F)(F)C(F)(F)C(F)(F)C(F)(F)C(F)(F)C(F)(F)C(=O)OCC. The fourth-order valence-corrected chi connectivity index (χ4v) is 1.49. The quantitative estimate of drug-likeness (QED) is 0.398. The van der Waals surface area contributed by atoms with Gasteiger partial charge in [0.1, 0.15) is 0 Å². The highest BCUT2D eigenvalue weighted by molar-refractivity contribution is 5.80. The number of alkyl halides is 12. The lowest BCUT2D eigenvalue weighted by Crippen LogP contribution is -2.72. The van der Waals surface area contributed by atoms with Gasteiger partial charge in [0.15, 0.2) is 0 Å². The Kier molecular flexibility index (Phi) is 6.99. The highest BCUT2D eigenvalue weighted by Gasteiger charge is 2.92. The smallest absolute Gasteiger partial charge is 0.410 e. The number of esters is 2. The lowest BCUT2D eigenvalue weighted by atomic mass is 9.91. The topological polar surface area (TPSA) is 52.6 Å². The van der Waals surface area contributed by atoms with Crippen LogP contribution in [-0.4, -0.2) is 60.7 Å². The van der Waals surface area contributed by atoms with Gasteiger partial charge in [-0.05, 0) is 13.8 Å². The van der Waals surface area contributed by atoms with Crippen molar-refractivity contribution in [3.63, 3.8) is 0 Å². The molecule has 0 saturated heterocycles. The molecule has 0 N–H and O–H groups in total. The van der Waals surface area contributed by atoms with E-state index in [0.29, 0.717) is 13.8 Å². The van der Waals surface area contributed by atoms with Crippen LogP contribution in [0, 0.1) is 0 Å². The summed E-state index contributed by atoms with van der Waals surface area (Å²) in [6.07, 6.45) is 0. The molecular weight excluding hydrogens is 436 g/mol. The third-order valence-corrected chi connectivity index (χ3v) is 3.04. The first-order valence-electron chi connectivity index (χ1n) is 6.83. The average molecular weight is 446 g/mol. The normalized spacial score (nSPS) is 14.6. The predicted octanol–water partition coefficient (Wildman–Crippen LogP) is 3.92. The molecule has 4 nitrogen and oxygen atoms in total. The molecule has 0 aromatic heterocycles. The third kappa shape index (κ3) is 3.44. The minimum Gasteiger partial charge on any atom is -0.461 e. The molecular formula is C12H10F12O4. The van der Waals surface area contributed by atoms with Crippen LogP contribution in [0.5, 0.6) is 0 Å². The number of ether oxygens (including phenoxy) is 2. The zero-order valence-corrected chi connectivity index (χ0v) is 13.6. The monoisotopic (exact) mass is 446 g/mol. The molecule has 0 aliphatic heterocycles. The summed E-state index contributed by atoms with van der Waals surface area (Å²) in [6.45, 7) is -0.896. The van der Waals surface area contributed by atoms with Gasteiger partial charge in [-0.25, -0.2) is 9.59 Å². The first-order valence-corrected chi connectivity index (χ1v) is 6.83. The number of halogens is 12. The molecule has 16 heteroatoms. The minimum atomic E-state index is -7.98. The van der Waals surface area contributed by atoms with Crippen LogP contribution in [0.1, 0.15) is 13.8 Å². The maximum absolute atomic E-state index is 13.4. The summed E-state index contributed by atoms with van der Waals surface area (Å²) >= 11 is 0. The van der Waals surface area contributed by atoms with E-state index < -0.39 is 60.7 Å². The summed E-state index contributed by atoms with van der Waals surface area (Å²) in [4.78, 5) is 21.4. The maximum atomic E-state index is 13.4. The van der Waals surface area contributed by atoms with E-state index in [1.54, 1.807) is 0 Å². The van der Waals surface area contributed by atoms with E-state index in [1.807, 2.05) is 0 Å². The number of carbonyl (C=O) groups excluding carboxylic acids is 2. The molecule has 0 radical (unpaired) electrons. The van der Waals surface area contributed by atoms with E-state index in [2.05, 4.69) is 9.47 Å². The van der Waals surface area contributed by atoms with Crippen LogP contribution in [-0.2, 0) is 19.1 Å². The van der Waals surface area contributed by atoms with Crippen molar-refractivity contribution in [3.05, 3.63) is 0 Å². The summed E-state index contributed by atoms with van der Waals surface area (Å²) < 4.78 is 166. The van der Waals surface area contributed by atoms with Crippen LogP contribution in [0.4, 0.5) is 52.7 Å². The van der Waals surface area contributed by atoms with Crippen molar-refractivity contribution in [3.8, 4) is 0 Å². The summed E-state index contributed by atoms with van der Waals surface area (Å²) in [7, 11) is 0. The molecule has 28 heavy (non-hydrogen) atoms. The largest absolute Gasteiger partial charge is 0.461 e. The summed E-state index contributed by atoms with van der Waals surface area (Å²) in [5, 5.41) is 0. The second-order valence-corrected chi connectivity index (χ2v) is 4.89. The summed E-state index contributed by atoms with van der Waals surface area (Å²) in [5.41, 5.74) is 0. The summed E-state index contributed by atoms with van der Waals surface area (Å²) in [5.74, 6) is -52.0. The lowest BCUT2D eigenvalue weighted by Gasteiger charge is -2.39. The van der Waals surface area contributed by atoms with Gasteiger partial charge in [0.25, 0.3) is 0 Å². The van der Waals surface area contributed by atoms with Gasteiger partial charge < -0.3 is 9.47 Å². The van der Waals surface area contributed by atoms with Gasteiger partial charge in [0.2, 0.25) is 0 Å². The van der Waals surface area contributed by atoms with Crippen LogP contribution < -0.4 is 0 Å². The molecule has 0 atom stereocenters. The fourth-order valence-electron chi connectivity index (χ4n) is 1.49. The third-order valence-electron chi connectivity index (χ3n) is 3.04. The average Bonchev–Trinajstić information content (AvgIpc) is 2.54. The summed E-state index contributed by atoms with van der Waals surface area (Å²) in [6, 6.07) is 0. The maximum Gasteiger partial charge on any atom is 0.410 e. The van der Waals surface area contributed by atoms with E-state index in [-0.39, 0.29) is 0 Å². The van der Waals surface area contributed by atoms with Gasteiger partial charge in [-0.1, -0.05) is 0 Å². The molecule has 0 aliphatic carbocycles. The molecule has 0 aromatic carbocycles. The molecule has 0 fully saturated rings. The van der Waals surface area contributed by atoms with E-state index in [4.69, 9.17) is 0 Å². The van der Waals surface area contributed by atoms with Gasteiger partial charge >= 0.3 is 47.5 Å². The van der Waals surface area contributed by atoms with Gasteiger partial charge in [0, 0.05) is 0 Å². The number of carbonyl (C=O) groups is 2. The molecule has 0 rings (SSSR count). The number of hydrogen-bond donors (Lipinski definition) is 0. The van der Waals surface area contributed by atoms with Crippen molar-refractivity contribution in [1.29, 1.82) is 0 Å². The number of rotatable bonds is 9. The second kappa shape index (κ2) is 7.50. The number of hydrogen-bond acceptors (Lipinski definition) is 4. The van der Waals surface area contributed by atoms with Gasteiger partial charge in [-0.2, -0.15) is 52.7 Å². The molecule has 0 heterocycles. The van der Waals surface area contributed by atoms with E-state index >= 15 is 0 Å². The van der Waals surface area contributed by atoms with Crippen LogP contribution in [0.15, 0.2) is 0 Å². The molecule has 0 unspecified atom stereocenters. The Bertz CT molecular complexity index is 549. The predicted molar refractivity (Wildman–Crippen MR) is 62.9 cm³/mol. The van der Waals surface area contributed by atoms with E-state index in [1.165, 1.54) is 0 Å².